The number of nitrogens with two attached hydrogens (primary N) is 1. The molecule has 0 saturated heterocycles. The van der Waals surface area contributed by atoms with E-state index in [1.165, 1.54) is 0 Å². The summed E-state index contributed by atoms with van der Waals surface area (Å²) in [7, 11) is 1.58. The Labute approximate surface area is 102 Å². The van der Waals surface area contributed by atoms with Crippen LogP contribution in [0.3, 0.4) is 0 Å². The molecule has 0 aromatic heterocycles. The zero-order valence-electron chi connectivity index (χ0n) is 10.2. The number of rotatable bonds is 8. The van der Waals surface area contributed by atoms with Gasteiger partial charge in [0.15, 0.2) is 0 Å². The number of nitrogens with one attached hydrogen (secondary N) is 2. The fourth-order valence-electron chi connectivity index (χ4n) is 1.45. The van der Waals surface area contributed by atoms with Gasteiger partial charge in [0.25, 0.3) is 0 Å². The summed E-state index contributed by atoms with van der Waals surface area (Å²) in [6, 6.07) is 5.31. The first kappa shape index (κ1) is 13.8. The number of methoxy groups -OCH3 is 1. The van der Waals surface area contributed by atoms with Gasteiger partial charge in [-0.3, -0.25) is 0 Å². The van der Waals surface area contributed by atoms with Crippen LogP contribution >= 0.6 is 0 Å². The number of aromatic hydroxyl groups is 1. The first-order chi connectivity index (χ1) is 8.27. The number of phenolic OH excluding ortho intramolecular Hbond substituents is 1. The SMILES string of the molecule is COc1ccc(CNCCNCCN)c(O)c1. The van der Waals surface area contributed by atoms with Crippen LogP contribution in [0.4, 0.5) is 0 Å². The number of phenols is 1. The van der Waals surface area contributed by atoms with Crippen LogP contribution in [0.15, 0.2) is 18.2 Å². The molecule has 0 atom stereocenters. The highest BCUT2D eigenvalue weighted by Crippen LogP contribution is 2.22. The third-order valence-corrected chi connectivity index (χ3v) is 2.41. The predicted molar refractivity (Wildman–Crippen MR) is 68.3 cm³/mol. The Bertz CT molecular complexity index is 332. The van der Waals surface area contributed by atoms with E-state index < -0.39 is 0 Å². The monoisotopic (exact) mass is 239 g/mol. The van der Waals surface area contributed by atoms with Crippen LogP contribution in [0.25, 0.3) is 0 Å². The lowest BCUT2D eigenvalue weighted by Gasteiger charge is -2.08. The van der Waals surface area contributed by atoms with Crippen molar-refractivity contribution in [2.75, 3.05) is 33.3 Å². The van der Waals surface area contributed by atoms with E-state index in [1.807, 2.05) is 12.1 Å². The van der Waals surface area contributed by atoms with Gasteiger partial charge in [-0.15, -0.1) is 0 Å². The van der Waals surface area contributed by atoms with Crippen LogP contribution in [0, 0.1) is 0 Å². The van der Waals surface area contributed by atoms with Crippen LogP contribution < -0.4 is 21.1 Å². The van der Waals surface area contributed by atoms with Crippen molar-refractivity contribution < 1.29 is 9.84 Å². The molecule has 0 saturated carbocycles. The van der Waals surface area contributed by atoms with Gasteiger partial charge in [-0.25, -0.2) is 0 Å². The van der Waals surface area contributed by atoms with Crippen molar-refractivity contribution >= 4 is 0 Å². The maximum atomic E-state index is 9.71. The molecule has 17 heavy (non-hydrogen) atoms. The third-order valence-electron chi connectivity index (χ3n) is 2.41. The lowest BCUT2D eigenvalue weighted by Crippen LogP contribution is -2.30. The lowest BCUT2D eigenvalue weighted by molar-refractivity contribution is 0.406. The van der Waals surface area contributed by atoms with Gasteiger partial charge < -0.3 is 26.2 Å². The second-order valence-electron chi connectivity index (χ2n) is 3.71. The summed E-state index contributed by atoms with van der Waals surface area (Å²) in [5.74, 6) is 0.919. The molecule has 0 heterocycles. The standard InChI is InChI=1S/C12H21N3O2/c1-17-11-3-2-10(12(16)8-11)9-15-7-6-14-5-4-13/h2-3,8,14-16H,4-7,9,13H2,1H3. The molecule has 0 amide bonds. The summed E-state index contributed by atoms with van der Waals surface area (Å²) >= 11 is 0. The number of hydrogen-bond acceptors (Lipinski definition) is 5. The molecule has 0 aliphatic rings. The minimum Gasteiger partial charge on any atom is -0.507 e. The zero-order chi connectivity index (χ0) is 12.5. The number of benzene rings is 1. The normalized spacial score (nSPS) is 10.5. The van der Waals surface area contributed by atoms with E-state index in [0.717, 1.165) is 25.2 Å². The Hall–Kier alpha value is -1.30. The second-order valence-corrected chi connectivity index (χ2v) is 3.71. The average molecular weight is 239 g/mol. The highest BCUT2D eigenvalue weighted by Gasteiger charge is 2.02. The Kier molecular flexibility index (Phi) is 6.39. The molecule has 5 N–H and O–H groups in total. The van der Waals surface area contributed by atoms with Crippen LogP contribution in [0.5, 0.6) is 11.5 Å². The predicted octanol–water partition coefficient (Wildman–Crippen LogP) is 0.0387. The molecule has 0 aliphatic carbocycles. The van der Waals surface area contributed by atoms with Gasteiger partial charge in [0, 0.05) is 44.4 Å². The molecule has 0 radical (unpaired) electrons. The van der Waals surface area contributed by atoms with Crippen LogP contribution in [0.1, 0.15) is 5.56 Å². The Balaban J connectivity index is 2.27. The molecule has 0 aliphatic heterocycles. The molecule has 0 bridgehead atoms. The second kappa shape index (κ2) is 7.89. The van der Waals surface area contributed by atoms with E-state index in [-0.39, 0.29) is 5.75 Å². The highest BCUT2D eigenvalue weighted by molar-refractivity contribution is 5.39. The van der Waals surface area contributed by atoms with Crippen LogP contribution in [-0.4, -0.2) is 38.4 Å². The topological polar surface area (TPSA) is 79.5 Å². The van der Waals surface area contributed by atoms with Crippen LogP contribution in [-0.2, 0) is 6.54 Å². The van der Waals surface area contributed by atoms with Gasteiger partial charge >= 0.3 is 0 Å². The van der Waals surface area contributed by atoms with Gasteiger partial charge in [0.05, 0.1) is 7.11 Å². The highest BCUT2D eigenvalue weighted by atomic mass is 16.5. The molecule has 1 aromatic rings. The van der Waals surface area contributed by atoms with Gasteiger partial charge in [-0.05, 0) is 6.07 Å². The summed E-state index contributed by atoms with van der Waals surface area (Å²) in [4.78, 5) is 0. The average Bonchev–Trinajstić information content (AvgIpc) is 2.35. The number of hydrogen-bond donors (Lipinski definition) is 4. The van der Waals surface area contributed by atoms with E-state index in [0.29, 0.717) is 18.8 Å². The van der Waals surface area contributed by atoms with E-state index in [4.69, 9.17) is 10.5 Å². The summed E-state index contributed by atoms with van der Waals surface area (Å²) in [6.45, 7) is 3.83. The molecular weight excluding hydrogens is 218 g/mol. The molecule has 5 heteroatoms. The summed E-state index contributed by atoms with van der Waals surface area (Å²) in [5.41, 5.74) is 6.22. The first-order valence-electron chi connectivity index (χ1n) is 5.75. The van der Waals surface area contributed by atoms with Crippen LogP contribution in [0.2, 0.25) is 0 Å². The molecule has 5 nitrogen and oxygen atoms in total. The fourth-order valence-corrected chi connectivity index (χ4v) is 1.45. The van der Waals surface area contributed by atoms with Crippen molar-refractivity contribution in [2.45, 2.75) is 6.54 Å². The molecule has 1 rings (SSSR count). The maximum absolute atomic E-state index is 9.71. The van der Waals surface area contributed by atoms with Crippen molar-refractivity contribution in [3.63, 3.8) is 0 Å². The molecule has 0 spiro atoms. The minimum atomic E-state index is 0.256. The van der Waals surface area contributed by atoms with Gasteiger partial charge in [0.2, 0.25) is 0 Å². The lowest BCUT2D eigenvalue weighted by atomic mass is 10.2. The van der Waals surface area contributed by atoms with Crippen molar-refractivity contribution in [1.29, 1.82) is 0 Å². The summed E-state index contributed by atoms with van der Waals surface area (Å²) in [5, 5.41) is 16.1. The molecular formula is C12H21N3O2. The Morgan fingerprint density at radius 3 is 2.65 bits per heavy atom. The molecule has 1 aromatic carbocycles. The van der Waals surface area contributed by atoms with Crippen molar-refractivity contribution in [3.05, 3.63) is 23.8 Å². The van der Waals surface area contributed by atoms with Crippen molar-refractivity contribution in [2.24, 2.45) is 5.73 Å². The van der Waals surface area contributed by atoms with Crippen molar-refractivity contribution in [1.82, 2.24) is 10.6 Å². The van der Waals surface area contributed by atoms with Gasteiger partial charge in [-0.2, -0.15) is 0 Å². The zero-order valence-corrected chi connectivity index (χ0v) is 10.2. The Morgan fingerprint density at radius 1 is 1.24 bits per heavy atom. The summed E-state index contributed by atoms with van der Waals surface area (Å²) in [6.07, 6.45) is 0. The molecule has 96 valence electrons. The quantitative estimate of drug-likeness (QED) is 0.482. The Morgan fingerprint density at radius 2 is 2.00 bits per heavy atom. The third kappa shape index (κ3) is 5.04. The van der Waals surface area contributed by atoms with Gasteiger partial charge in [0.1, 0.15) is 11.5 Å². The maximum Gasteiger partial charge on any atom is 0.123 e. The number of ether oxygens (including phenoxy) is 1. The first-order valence-corrected chi connectivity index (χ1v) is 5.75. The minimum absolute atomic E-state index is 0.256. The van der Waals surface area contributed by atoms with Crippen molar-refractivity contribution in [3.8, 4) is 11.5 Å². The van der Waals surface area contributed by atoms with E-state index in [2.05, 4.69) is 10.6 Å². The largest absolute Gasteiger partial charge is 0.507 e. The summed E-state index contributed by atoms with van der Waals surface area (Å²) < 4.78 is 5.02. The van der Waals surface area contributed by atoms with E-state index >= 15 is 0 Å². The van der Waals surface area contributed by atoms with Gasteiger partial charge in [-0.1, -0.05) is 6.07 Å². The fraction of sp³-hybridized carbons (Fsp3) is 0.500. The molecule has 0 fully saturated rings. The molecule has 0 unspecified atom stereocenters. The van der Waals surface area contributed by atoms with E-state index in [9.17, 15) is 5.11 Å². The smallest absolute Gasteiger partial charge is 0.123 e. The van der Waals surface area contributed by atoms with E-state index in [1.54, 1.807) is 13.2 Å².